The number of nitrogens with zero attached hydrogens (tertiary/aromatic N) is 4. The lowest BCUT2D eigenvalue weighted by Gasteiger charge is -2.05. The highest BCUT2D eigenvalue weighted by Crippen LogP contribution is 2.24. The lowest BCUT2D eigenvalue weighted by atomic mass is 10.2. The van der Waals surface area contributed by atoms with E-state index in [0.29, 0.717) is 11.4 Å². The Labute approximate surface area is 132 Å². The molecule has 22 heavy (non-hydrogen) atoms. The number of halogens is 1. The predicted octanol–water partition coefficient (Wildman–Crippen LogP) is 1.46. The van der Waals surface area contributed by atoms with Gasteiger partial charge in [0.25, 0.3) is 5.91 Å². The molecule has 0 aliphatic heterocycles. The first-order valence-corrected chi connectivity index (χ1v) is 6.78. The molecule has 118 valence electrons. The van der Waals surface area contributed by atoms with E-state index in [1.165, 1.54) is 16.5 Å². The second-order valence-electron chi connectivity index (χ2n) is 4.75. The van der Waals surface area contributed by atoms with E-state index in [1.807, 2.05) is 0 Å². The predicted molar refractivity (Wildman–Crippen MR) is 80.2 cm³/mol. The summed E-state index contributed by atoms with van der Waals surface area (Å²) >= 11 is 6.09. The van der Waals surface area contributed by atoms with Crippen LogP contribution in [0.1, 0.15) is 32.4 Å². The number of hydrogen-bond donors (Lipinski definition) is 1. The molecule has 0 aliphatic rings. The van der Waals surface area contributed by atoms with Gasteiger partial charge < -0.3 is 10.1 Å². The summed E-state index contributed by atoms with van der Waals surface area (Å²) in [5.41, 5.74) is 1.67. The minimum Gasteiger partial charge on any atom is -0.464 e. The first-order chi connectivity index (χ1) is 10.3. The fourth-order valence-electron chi connectivity index (χ4n) is 1.90. The molecule has 2 aromatic rings. The third-order valence-electron chi connectivity index (χ3n) is 3.43. The molecule has 0 bridgehead atoms. The lowest BCUT2D eigenvalue weighted by Crippen LogP contribution is -2.16. The molecule has 2 heterocycles. The van der Waals surface area contributed by atoms with Gasteiger partial charge in [0.05, 0.1) is 29.2 Å². The molecular formula is C13H16ClN5O3. The molecule has 0 unspecified atom stereocenters. The molecule has 8 nitrogen and oxygen atoms in total. The third kappa shape index (κ3) is 2.57. The molecule has 0 saturated heterocycles. The van der Waals surface area contributed by atoms with Gasteiger partial charge in [0, 0.05) is 14.1 Å². The van der Waals surface area contributed by atoms with Crippen LogP contribution in [0.5, 0.6) is 0 Å². The van der Waals surface area contributed by atoms with Crippen molar-refractivity contribution in [1.29, 1.82) is 0 Å². The maximum absolute atomic E-state index is 12.4. The zero-order chi connectivity index (χ0) is 16.6. The number of ether oxygens (including phenoxy) is 1. The van der Waals surface area contributed by atoms with E-state index in [2.05, 4.69) is 20.3 Å². The van der Waals surface area contributed by atoms with E-state index in [1.54, 1.807) is 27.9 Å². The number of rotatable bonds is 3. The van der Waals surface area contributed by atoms with Crippen molar-refractivity contribution in [2.45, 2.75) is 13.8 Å². The van der Waals surface area contributed by atoms with E-state index in [-0.39, 0.29) is 22.1 Å². The van der Waals surface area contributed by atoms with Crippen LogP contribution >= 0.6 is 11.6 Å². The van der Waals surface area contributed by atoms with Crippen molar-refractivity contribution in [3.8, 4) is 0 Å². The van der Waals surface area contributed by atoms with Gasteiger partial charge in [-0.3, -0.25) is 14.2 Å². The fraction of sp³-hybridized carbons (Fsp3) is 0.385. The maximum Gasteiger partial charge on any atom is 0.360 e. The molecule has 0 fully saturated rings. The number of esters is 1. The van der Waals surface area contributed by atoms with Crippen LogP contribution in [0.15, 0.2) is 0 Å². The quantitative estimate of drug-likeness (QED) is 0.863. The number of carbonyl (C=O) groups excluding carboxylic acids is 2. The van der Waals surface area contributed by atoms with Crippen LogP contribution in [0, 0.1) is 13.8 Å². The molecular weight excluding hydrogens is 310 g/mol. The van der Waals surface area contributed by atoms with E-state index < -0.39 is 11.9 Å². The Morgan fingerprint density at radius 2 is 1.64 bits per heavy atom. The SMILES string of the molecule is COC(=O)c1nn(C)c(C)c1NC(=O)c1nn(C)c(C)c1Cl. The highest BCUT2D eigenvalue weighted by molar-refractivity contribution is 6.34. The molecule has 0 radical (unpaired) electrons. The van der Waals surface area contributed by atoms with Crippen LogP contribution in [-0.2, 0) is 18.8 Å². The number of amides is 1. The molecule has 1 N–H and O–H groups in total. The first kappa shape index (κ1) is 16.0. The summed E-state index contributed by atoms with van der Waals surface area (Å²) in [4.78, 5) is 24.1. The second kappa shape index (κ2) is 5.80. The van der Waals surface area contributed by atoms with Crippen molar-refractivity contribution >= 4 is 29.2 Å². The molecule has 0 atom stereocenters. The maximum atomic E-state index is 12.4. The number of nitrogens with one attached hydrogen (secondary N) is 1. The molecule has 1 amide bonds. The Morgan fingerprint density at radius 3 is 2.14 bits per heavy atom. The van der Waals surface area contributed by atoms with Crippen LogP contribution in [-0.4, -0.2) is 38.5 Å². The summed E-state index contributed by atoms with van der Waals surface area (Å²) in [7, 11) is 4.60. The summed E-state index contributed by atoms with van der Waals surface area (Å²) in [6, 6.07) is 0. The number of aromatic nitrogens is 4. The van der Waals surface area contributed by atoms with Crippen molar-refractivity contribution in [3.63, 3.8) is 0 Å². The van der Waals surface area contributed by atoms with E-state index in [4.69, 9.17) is 11.6 Å². The highest BCUT2D eigenvalue weighted by Gasteiger charge is 2.25. The van der Waals surface area contributed by atoms with Crippen LogP contribution < -0.4 is 5.32 Å². The summed E-state index contributed by atoms with van der Waals surface area (Å²) in [6.45, 7) is 3.47. The summed E-state index contributed by atoms with van der Waals surface area (Å²) in [5, 5.41) is 11.0. The normalized spacial score (nSPS) is 10.6. The Kier molecular flexibility index (Phi) is 4.23. The standard InChI is InChI=1S/C13H16ClN5O3/c1-6-8(14)10(16-18(6)3)12(20)15-9-7(2)19(4)17-11(9)13(21)22-5/h1-5H3,(H,15,20). The van der Waals surface area contributed by atoms with Gasteiger partial charge in [-0.25, -0.2) is 4.79 Å². The van der Waals surface area contributed by atoms with Gasteiger partial charge in [-0.15, -0.1) is 0 Å². The smallest absolute Gasteiger partial charge is 0.360 e. The Bertz CT molecular complexity index is 762. The fourth-order valence-corrected chi connectivity index (χ4v) is 2.14. The van der Waals surface area contributed by atoms with E-state index in [9.17, 15) is 9.59 Å². The van der Waals surface area contributed by atoms with Crippen LogP contribution in [0.25, 0.3) is 0 Å². The van der Waals surface area contributed by atoms with Crippen molar-refractivity contribution in [2.75, 3.05) is 12.4 Å². The lowest BCUT2D eigenvalue weighted by molar-refractivity contribution is 0.0594. The zero-order valence-electron chi connectivity index (χ0n) is 12.9. The molecule has 0 spiro atoms. The number of hydrogen-bond acceptors (Lipinski definition) is 5. The Balaban J connectivity index is 2.40. The number of methoxy groups -OCH3 is 1. The highest BCUT2D eigenvalue weighted by atomic mass is 35.5. The monoisotopic (exact) mass is 325 g/mol. The van der Waals surface area contributed by atoms with E-state index in [0.717, 1.165) is 0 Å². The van der Waals surface area contributed by atoms with Crippen molar-refractivity contribution in [3.05, 3.63) is 27.8 Å². The van der Waals surface area contributed by atoms with Crippen LogP contribution in [0.4, 0.5) is 5.69 Å². The van der Waals surface area contributed by atoms with Gasteiger partial charge in [0.15, 0.2) is 11.4 Å². The minimum absolute atomic E-state index is 0.0274. The van der Waals surface area contributed by atoms with Gasteiger partial charge in [-0.1, -0.05) is 11.6 Å². The van der Waals surface area contributed by atoms with Crippen molar-refractivity contribution in [2.24, 2.45) is 14.1 Å². The number of aryl methyl sites for hydroxylation is 2. The molecule has 2 aromatic heterocycles. The van der Waals surface area contributed by atoms with Crippen molar-refractivity contribution in [1.82, 2.24) is 19.6 Å². The average Bonchev–Trinajstić information content (AvgIpc) is 2.91. The largest absolute Gasteiger partial charge is 0.464 e. The van der Waals surface area contributed by atoms with E-state index >= 15 is 0 Å². The summed E-state index contributed by atoms with van der Waals surface area (Å²) < 4.78 is 7.66. The minimum atomic E-state index is -0.637. The second-order valence-corrected chi connectivity index (χ2v) is 5.13. The molecule has 0 aromatic carbocycles. The first-order valence-electron chi connectivity index (χ1n) is 6.40. The third-order valence-corrected chi connectivity index (χ3v) is 3.88. The van der Waals surface area contributed by atoms with Gasteiger partial charge in [-0.2, -0.15) is 10.2 Å². The van der Waals surface area contributed by atoms with Gasteiger partial charge >= 0.3 is 5.97 Å². The van der Waals surface area contributed by atoms with Crippen molar-refractivity contribution < 1.29 is 14.3 Å². The zero-order valence-corrected chi connectivity index (χ0v) is 13.6. The molecule has 2 rings (SSSR count). The Morgan fingerprint density at radius 1 is 1.09 bits per heavy atom. The van der Waals surface area contributed by atoms with Gasteiger partial charge in [-0.05, 0) is 13.8 Å². The van der Waals surface area contributed by atoms with Crippen LogP contribution in [0.2, 0.25) is 5.02 Å². The van der Waals surface area contributed by atoms with Crippen LogP contribution in [0.3, 0.4) is 0 Å². The number of anilines is 1. The molecule has 0 aliphatic carbocycles. The topological polar surface area (TPSA) is 91.0 Å². The molecule has 0 saturated carbocycles. The number of carbonyl (C=O) groups is 2. The molecule has 9 heteroatoms. The Hall–Kier alpha value is -2.35. The summed E-state index contributed by atoms with van der Waals surface area (Å²) in [6.07, 6.45) is 0. The summed E-state index contributed by atoms with van der Waals surface area (Å²) in [5.74, 6) is -1.16. The van der Waals surface area contributed by atoms with Gasteiger partial charge in [0.1, 0.15) is 0 Å². The van der Waals surface area contributed by atoms with Gasteiger partial charge in [0.2, 0.25) is 0 Å². The average molecular weight is 326 g/mol.